The summed E-state index contributed by atoms with van der Waals surface area (Å²) in [5.74, 6) is 0. The first-order valence-electron chi connectivity index (χ1n) is 7.14. The van der Waals surface area contributed by atoms with Crippen molar-refractivity contribution < 1.29 is 4.92 Å². The van der Waals surface area contributed by atoms with Gasteiger partial charge in [-0.3, -0.25) is 15.0 Å². The third-order valence-corrected chi connectivity index (χ3v) is 3.74. The third-order valence-electron chi connectivity index (χ3n) is 3.39. The van der Waals surface area contributed by atoms with Crippen LogP contribution >= 0.6 is 11.6 Å². The minimum absolute atomic E-state index is 0.0214. The summed E-state index contributed by atoms with van der Waals surface area (Å²) in [4.78, 5) is 12.6. The number of halogens is 1. The van der Waals surface area contributed by atoms with Gasteiger partial charge >= 0.3 is 0 Å². The smallest absolute Gasteiger partial charge is 0.270 e. The van der Waals surface area contributed by atoms with Gasteiger partial charge in [0.25, 0.3) is 5.69 Å². The molecule has 0 aliphatic heterocycles. The number of non-ortho nitro benzene ring substituents is 1. The van der Waals surface area contributed by atoms with Crippen LogP contribution < -0.4 is 5.73 Å². The maximum absolute atomic E-state index is 10.7. The molecule has 0 fully saturated rings. The predicted molar refractivity (Wildman–Crippen MR) is 86.5 cm³/mol. The molecular weight excluding hydrogens is 290 g/mol. The third kappa shape index (κ3) is 5.61. The fraction of sp³-hybridized carbons (Fsp3) is 0.600. The standard InChI is InChI=1S/C15H24ClN3O2/c1-4-7-18(11-15(2,3)10-17)9-12-5-6-13(19(20)21)8-14(12)16/h5-6,8H,4,7,9-11,17H2,1-3H3. The Morgan fingerprint density at radius 2 is 2.10 bits per heavy atom. The molecule has 0 amide bonds. The normalized spacial score (nSPS) is 11.9. The van der Waals surface area contributed by atoms with Crippen molar-refractivity contribution in [2.45, 2.75) is 33.7 Å². The van der Waals surface area contributed by atoms with E-state index in [0.29, 0.717) is 18.1 Å². The molecule has 0 saturated carbocycles. The Bertz CT molecular complexity index is 492. The number of nitrogens with two attached hydrogens (primary N) is 1. The molecule has 118 valence electrons. The van der Waals surface area contributed by atoms with E-state index in [2.05, 4.69) is 25.7 Å². The number of nitro benzene ring substituents is 1. The van der Waals surface area contributed by atoms with Crippen LogP contribution in [0.1, 0.15) is 32.8 Å². The molecule has 1 aromatic carbocycles. The molecule has 0 unspecified atom stereocenters. The molecule has 21 heavy (non-hydrogen) atoms. The average molecular weight is 314 g/mol. The second-order valence-corrected chi connectivity index (χ2v) is 6.52. The Morgan fingerprint density at radius 1 is 1.43 bits per heavy atom. The van der Waals surface area contributed by atoms with E-state index in [1.54, 1.807) is 6.07 Å². The molecule has 6 heteroatoms. The van der Waals surface area contributed by atoms with E-state index >= 15 is 0 Å². The summed E-state index contributed by atoms with van der Waals surface area (Å²) in [6.07, 6.45) is 1.03. The Morgan fingerprint density at radius 3 is 2.57 bits per heavy atom. The lowest BCUT2D eigenvalue weighted by Gasteiger charge is -2.31. The fourth-order valence-corrected chi connectivity index (χ4v) is 2.45. The van der Waals surface area contributed by atoms with Crippen LogP contribution in [0, 0.1) is 15.5 Å². The molecule has 0 bridgehead atoms. The number of nitro groups is 1. The molecule has 5 nitrogen and oxygen atoms in total. The van der Waals surface area contributed by atoms with Crippen molar-refractivity contribution in [1.82, 2.24) is 4.90 Å². The maximum Gasteiger partial charge on any atom is 0.270 e. The summed E-state index contributed by atoms with van der Waals surface area (Å²) in [6.45, 7) is 9.48. The number of hydrogen-bond donors (Lipinski definition) is 1. The number of benzene rings is 1. The molecule has 0 saturated heterocycles. The highest BCUT2D eigenvalue weighted by atomic mass is 35.5. The zero-order valence-corrected chi connectivity index (χ0v) is 13.7. The van der Waals surface area contributed by atoms with Gasteiger partial charge in [0.1, 0.15) is 0 Å². The van der Waals surface area contributed by atoms with Crippen LogP contribution in [0.25, 0.3) is 0 Å². The van der Waals surface area contributed by atoms with Crippen LogP contribution in [0.3, 0.4) is 0 Å². The highest BCUT2D eigenvalue weighted by Crippen LogP contribution is 2.25. The van der Waals surface area contributed by atoms with E-state index in [0.717, 1.165) is 25.1 Å². The van der Waals surface area contributed by atoms with Gasteiger partial charge in [0.05, 0.1) is 9.95 Å². The second-order valence-electron chi connectivity index (χ2n) is 6.11. The molecule has 0 aromatic heterocycles. The van der Waals surface area contributed by atoms with Crippen LogP contribution in [0.4, 0.5) is 5.69 Å². The topological polar surface area (TPSA) is 72.4 Å². The predicted octanol–water partition coefficient (Wildman–Crippen LogP) is 3.45. The Balaban J connectivity index is 2.86. The highest BCUT2D eigenvalue weighted by Gasteiger charge is 2.21. The Kier molecular flexibility index (Phi) is 6.58. The zero-order valence-electron chi connectivity index (χ0n) is 12.9. The van der Waals surface area contributed by atoms with Crippen LogP contribution in [0.15, 0.2) is 18.2 Å². The molecule has 0 spiro atoms. The minimum Gasteiger partial charge on any atom is -0.330 e. The quantitative estimate of drug-likeness (QED) is 0.589. The van der Waals surface area contributed by atoms with E-state index in [-0.39, 0.29) is 11.1 Å². The Hall–Kier alpha value is -1.17. The van der Waals surface area contributed by atoms with E-state index in [1.807, 2.05) is 0 Å². The van der Waals surface area contributed by atoms with Gasteiger partial charge in [0, 0.05) is 25.2 Å². The van der Waals surface area contributed by atoms with Crippen molar-refractivity contribution in [2.24, 2.45) is 11.1 Å². The molecule has 0 radical (unpaired) electrons. The summed E-state index contributed by atoms with van der Waals surface area (Å²) in [5, 5.41) is 11.2. The monoisotopic (exact) mass is 313 g/mol. The van der Waals surface area contributed by atoms with Gasteiger partial charge < -0.3 is 5.73 Å². The van der Waals surface area contributed by atoms with E-state index in [1.165, 1.54) is 12.1 Å². The summed E-state index contributed by atoms with van der Waals surface area (Å²) < 4.78 is 0. The molecule has 0 heterocycles. The first-order valence-corrected chi connectivity index (χ1v) is 7.52. The summed E-state index contributed by atoms with van der Waals surface area (Å²) in [6, 6.07) is 4.65. The molecular formula is C15H24ClN3O2. The van der Waals surface area contributed by atoms with Crippen molar-refractivity contribution >= 4 is 17.3 Å². The van der Waals surface area contributed by atoms with Gasteiger partial charge in [-0.2, -0.15) is 0 Å². The molecule has 0 aliphatic carbocycles. The number of nitrogens with zero attached hydrogens (tertiary/aromatic N) is 2. The van der Waals surface area contributed by atoms with Crippen LogP contribution in [-0.4, -0.2) is 29.5 Å². The van der Waals surface area contributed by atoms with E-state index < -0.39 is 4.92 Å². The van der Waals surface area contributed by atoms with Gasteiger partial charge in [0.15, 0.2) is 0 Å². The van der Waals surface area contributed by atoms with Gasteiger partial charge in [-0.25, -0.2) is 0 Å². The molecule has 2 N–H and O–H groups in total. The lowest BCUT2D eigenvalue weighted by atomic mass is 9.93. The molecule has 1 aromatic rings. The lowest BCUT2D eigenvalue weighted by molar-refractivity contribution is -0.384. The van der Waals surface area contributed by atoms with Crippen molar-refractivity contribution in [3.63, 3.8) is 0 Å². The van der Waals surface area contributed by atoms with E-state index in [4.69, 9.17) is 17.3 Å². The molecule has 0 aliphatic rings. The van der Waals surface area contributed by atoms with Gasteiger partial charge in [-0.05, 0) is 36.6 Å². The fourth-order valence-electron chi connectivity index (χ4n) is 2.22. The van der Waals surface area contributed by atoms with E-state index in [9.17, 15) is 10.1 Å². The highest BCUT2D eigenvalue weighted by molar-refractivity contribution is 6.31. The van der Waals surface area contributed by atoms with Gasteiger partial charge in [-0.15, -0.1) is 0 Å². The SMILES string of the molecule is CCCN(Cc1ccc([N+](=O)[O-])cc1Cl)CC(C)(C)CN. The van der Waals surface area contributed by atoms with Crippen molar-refractivity contribution in [3.05, 3.63) is 38.9 Å². The number of rotatable bonds is 8. The zero-order chi connectivity index (χ0) is 16.0. The summed E-state index contributed by atoms with van der Waals surface area (Å²) in [5.41, 5.74) is 6.76. The average Bonchev–Trinajstić information content (AvgIpc) is 2.40. The van der Waals surface area contributed by atoms with Crippen LogP contribution in [0.5, 0.6) is 0 Å². The van der Waals surface area contributed by atoms with Gasteiger partial charge in [-0.1, -0.05) is 32.4 Å². The first kappa shape index (κ1) is 17.9. The summed E-state index contributed by atoms with van der Waals surface area (Å²) >= 11 is 6.17. The van der Waals surface area contributed by atoms with Crippen molar-refractivity contribution in [2.75, 3.05) is 19.6 Å². The second kappa shape index (κ2) is 7.73. The van der Waals surface area contributed by atoms with Crippen molar-refractivity contribution in [1.29, 1.82) is 0 Å². The largest absolute Gasteiger partial charge is 0.330 e. The first-order chi connectivity index (χ1) is 9.79. The minimum atomic E-state index is -0.434. The molecule has 1 rings (SSSR count). The molecule has 0 atom stereocenters. The van der Waals surface area contributed by atoms with Crippen LogP contribution in [0.2, 0.25) is 5.02 Å². The number of hydrogen-bond acceptors (Lipinski definition) is 4. The van der Waals surface area contributed by atoms with Gasteiger partial charge in [0.2, 0.25) is 0 Å². The van der Waals surface area contributed by atoms with Crippen LogP contribution in [-0.2, 0) is 6.54 Å². The Labute approximate surface area is 131 Å². The van der Waals surface area contributed by atoms with Crippen molar-refractivity contribution in [3.8, 4) is 0 Å². The maximum atomic E-state index is 10.7. The lowest BCUT2D eigenvalue weighted by Crippen LogP contribution is -2.38. The summed E-state index contributed by atoms with van der Waals surface area (Å²) in [7, 11) is 0.